The van der Waals surface area contributed by atoms with Gasteiger partial charge in [-0.3, -0.25) is 14.5 Å². The minimum absolute atomic E-state index is 0.126. The van der Waals surface area contributed by atoms with Gasteiger partial charge in [-0.25, -0.2) is 0 Å². The Balaban J connectivity index is 1.68. The highest BCUT2D eigenvalue weighted by atomic mass is 79.9. The number of carbonyl (C=O) groups excluding carboxylic acids is 2. The molecule has 1 amide bonds. The number of hydrogen-bond donors (Lipinski definition) is 1. The molecule has 154 valence electrons. The van der Waals surface area contributed by atoms with E-state index >= 15 is 0 Å². The predicted molar refractivity (Wildman–Crippen MR) is 122 cm³/mol. The Morgan fingerprint density at radius 2 is 1.70 bits per heavy atom. The summed E-state index contributed by atoms with van der Waals surface area (Å²) in [6, 6.07) is 21.9. The van der Waals surface area contributed by atoms with E-state index in [4.69, 9.17) is 4.74 Å². The monoisotopic (exact) mass is 466 g/mol. The van der Waals surface area contributed by atoms with Crippen LogP contribution in [-0.2, 0) is 11.3 Å². The van der Waals surface area contributed by atoms with Crippen LogP contribution in [0.3, 0.4) is 0 Å². The number of benzene rings is 3. The highest BCUT2D eigenvalue weighted by molar-refractivity contribution is 9.10. The highest BCUT2D eigenvalue weighted by Gasteiger charge is 2.16. The van der Waals surface area contributed by atoms with Crippen molar-refractivity contribution in [2.24, 2.45) is 0 Å². The first-order chi connectivity index (χ1) is 14.5. The van der Waals surface area contributed by atoms with E-state index < -0.39 is 0 Å². The highest BCUT2D eigenvalue weighted by Crippen LogP contribution is 2.24. The van der Waals surface area contributed by atoms with Crippen LogP contribution in [0.15, 0.2) is 77.3 Å². The molecule has 6 heteroatoms. The minimum Gasteiger partial charge on any atom is -0.496 e. The number of halogens is 1. The summed E-state index contributed by atoms with van der Waals surface area (Å²) in [4.78, 5) is 27.4. The van der Waals surface area contributed by atoms with Crippen LogP contribution in [0, 0.1) is 0 Å². The molecule has 0 heterocycles. The van der Waals surface area contributed by atoms with E-state index in [1.54, 1.807) is 43.5 Å². The Labute approximate surface area is 184 Å². The summed E-state index contributed by atoms with van der Waals surface area (Å²) in [5.74, 6) is 0.447. The lowest BCUT2D eigenvalue weighted by Gasteiger charge is -2.19. The van der Waals surface area contributed by atoms with Gasteiger partial charge in [-0.2, -0.15) is 0 Å². The van der Waals surface area contributed by atoms with Crippen molar-refractivity contribution in [1.29, 1.82) is 0 Å². The summed E-state index contributed by atoms with van der Waals surface area (Å²) in [5, 5.41) is 2.88. The first-order valence-electron chi connectivity index (χ1n) is 9.47. The standard InChI is InChI=1S/C24H23BrN2O3/c1-27(15-18-14-19(25)12-13-22(18)30-2)16-23(28)26-21-11-7-6-10-20(21)24(29)17-8-4-3-5-9-17/h3-14H,15-16H2,1-2H3,(H,26,28). The minimum atomic E-state index is -0.195. The predicted octanol–water partition coefficient (Wildman–Crippen LogP) is 4.76. The van der Waals surface area contributed by atoms with Crippen LogP contribution in [0.2, 0.25) is 0 Å². The maximum Gasteiger partial charge on any atom is 0.238 e. The van der Waals surface area contributed by atoms with Gasteiger partial charge in [-0.15, -0.1) is 0 Å². The van der Waals surface area contributed by atoms with Crippen LogP contribution >= 0.6 is 15.9 Å². The van der Waals surface area contributed by atoms with Crippen LogP contribution in [0.25, 0.3) is 0 Å². The summed E-state index contributed by atoms with van der Waals surface area (Å²) >= 11 is 3.47. The number of carbonyl (C=O) groups is 2. The van der Waals surface area contributed by atoms with E-state index in [1.165, 1.54) is 0 Å². The Bertz CT molecular complexity index is 1040. The second-order valence-corrected chi connectivity index (χ2v) is 7.83. The smallest absolute Gasteiger partial charge is 0.238 e. The second-order valence-electron chi connectivity index (χ2n) is 6.92. The van der Waals surface area contributed by atoms with Gasteiger partial charge in [-0.1, -0.05) is 58.4 Å². The molecule has 0 saturated heterocycles. The van der Waals surface area contributed by atoms with E-state index in [1.807, 2.05) is 48.3 Å². The SMILES string of the molecule is COc1ccc(Br)cc1CN(C)CC(=O)Nc1ccccc1C(=O)c1ccccc1. The van der Waals surface area contributed by atoms with Crippen molar-refractivity contribution < 1.29 is 14.3 Å². The largest absolute Gasteiger partial charge is 0.496 e. The van der Waals surface area contributed by atoms with E-state index in [-0.39, 0.29) is 18.2 Å². The molecule has 0 aliphatic rings. The number of ether oxygens (including phenoxy) is 1. The third kappa shape index (κ3) is 5.55. The number of amides is 1. The molecule has 30 heavy (non-hydrogen) atoms. The van der Waals surface area contributed by atoms with Crippen LogP contribution in [0.4, 0.5) is 5.69 Å². The Hall–Kier alpha value is -2.96. The number of hydrogen-bond acceptors (Lipinski definition) is 4. The number of nitrogens with one attached hydrogen (secondary N) is 1. The number of para-hydroxylation sites is 1. The van der Waals surface area contributed by atoms with Crippen LogP contribution in [0.5, 0.6) is 5.75 Å². The molecular formula is C24H23BrN2O3. The fraction of sp³-hybridized carbons (Fsp3) is 0.167. The van der Waals surface area contributed by atoms with Gasteiger partial charge in [0.2, 0.25) is 5.91 Å². The molecule has 0 spiro atoms. The molecular weight excluding hydrogens is 444 g/mol. The molecule has 3 rings (SSSR count). The molecule has 0 aliphatic carbocycles. The van der Waals surface area contributed by atoms with Crippen LogP contribution in [0.1, 0.15) is 21.5 Å². The number of ketones is 1. The summed E-state index contributed by atoms with van der Waals surface area (Å²) in [5.41, 5.74) is 2.53. The quantitative estimate of drug-likeness (QED) is 0.486. The topological polar surface area (TPSA) is 58.6 Å². The number of rotatable bonds is 8. The molecule has 0 saturated carbocycles. The second kappa shape index (κ2) is 10.2. The molecule has 5 nitrogen and oxygen atoms in total. The molecule has 0 aliphatic heterocycles. The fourth-order valence-electron chi connectivity index (χ4n) is 3.19. The molecule has 0 radical (unpaired) electrons. The van der Waals surface area contributed by atoms with E-state index in [2.05, 4.69) is 21.2 Å². The van der Waals surface area contributed by atoms with E-state index in [0.29, 0.717) is 23.4 Å². The summed E-state index contributed by atoms with van der Waals surface area (Å²) in [6.07, 6.45) is 0. The van der Waals surface area contributed by atoms with Gasteiger partial charge in [0, 0.05) is 27.7 Å². The van der Waals surface area contributed by atoms with Gasteiger partial charge in [-0.05, 0) is 37.4 Å². The molecule has 3 aromatic carbocycles. The molecule has 0 bridgehead atoms. The molecule has 0 atom stereocenters. The molecule has 0 fully saturated rings. The summed E-state index contributed by atoms with van der Waals surface area (Å²) < 4.78 is 6.35. The number of likely N-dealkylation sites (N-methyl/N-ethyl adjacent to an activating group) is 1. The van der Waals surface area contributed by atoms with E-state index in [0.717, 1.165) is 15.8 Å². The summed E-state index contributed by atoms with van der Waals surface area (Å²) in [6.45, 7) is 0.712. The summed E-state index contributed by atoms with van der Waals surface area (Å²) in [7, 11) is 3.49. The van der Waals surface area contributed by atoms with Gasteiger partial charge in [0.15, 0.2) is 5.78 Å². The Morgan fingerprint density at radius 3 is 2.43 bits per heavy atom. The molecule has 3 aromatic rings. The maximum atomic E-state index is 12.8. The first kappa shape index (κ1) is 21.7. The van der Waals surface area contributed by atoms with Crippen LogP contribution in [-0.4, -0.2) is 37.3 Å². The zero-order valence-corrected chi connectivity index (χ0v) is 18.5. The zero-order chi connectivity index (χ0) is 21.5. The van der Waals surface area contributed by atoms with Crippen molar-refractivity contribution in [3.8, 4) is 5.75 Å². The third-order valence-electron chi connectivity index (χ3n) is 4.58. The lowest BCUT2D eigenvalue weighted by Crippen LogP contribution is -2.30. The fourth-order valence-corrected chi connectivity index (χ4v) is 3.60. The van der Waals surface area contributed by atoms with Crippen molar-refractivity contribution in [2.75, 3.05) is 26.0 Å². The third-order valence-corrected chi connectivity index (χ3v) is 5.07. The Kier molecular flexibility index (Phi) is 7.38. The molecule has 0 unspecified atom stereocenters. The van der Waals surface area contributed by atoms with Crippen molar-refractivity contribution in [3.63, 3.8) is 0 Å². The van der Waals surface area contributed by atoms with Gasteiger partial charge < -0.3 is 10.1 Å². The first-order valence-corrected chi connectivity index (χ1v) is 10.3. The van der Waals surface area contributed by atoms with Gasteiger partial charge in [0.05, 0.1) is 19.3 Å². The molecule has 1 N–H and O–H groups in total. The van der Waals surface area contributed by atoms with Crippen LogP contribution < -0.4 is 10.1 Å². The number of nitrogens with zero attached hydrogens (tertiary/aromatic N) is 1. The van der Waals surface area contributed by atoms with Gasteiger partial charge >= 0.3 is 0 Å². The maximum absolute atomic E-state index is 12.8. The van der Waals surface area contributed by atoms with E-state index in [9.17, 15) is 9.59 Å². The number of anilines is 1. The van der Waals surface area contributed by atoms with Crippen molar-refractivity contribution in [3.05, 3.63) is 94.0 Å². The average molecular weight is 467 g/mol. The lowest BCUT2D eigenvalue weighted by atomic mass is 10.0. The van der Waals surface area contributed by atoms with Crippen molar-refractivity contribution >= 4 is 33.3 Å². The van der Waals surface area contributed by atoms with Crippen molar-refractivity contribution in [1.82, 2.24) is 4.90 Å². The molecule has 0 aromatic heterocycles. The average Bonchev–Trinajstić information content (AvgIpc) is 2.74. The normalized spacial score (nSPS) is 10.7. The lowest BCUT2D eigenvalue weighted by molar-refractivity contribution is -0.117. The Morgan fingerprint density at radius 1 is 1.00 bits per heavy atom. The zero-order valence-electron chi connectivity index (χ0n) is 16.9. The van der Waals surface area contributed by atoms with Crippen molar-refractivity contribution in [2.45, 2.75) is 6.54 Å². The van der Waals surface area contributed by atoms with Gasteiger partial charge in [0.1, 0.15) is 5.75 Å². The number of methoxy groups -OCH3 is 1. The van der Waals surface area contributed by atoms with Gasteiger partial charge in [0.25, 0.3) is 0 Å².